The van der Waals surface area contributed by atoms with Gasteiger partial charge < -0.3 is 10.4 Å². The summed E-state index contributed by atoms with van der Waals surface area (Å²) in [4.78, 5) is 25.2. The molecule has 2 atom stereocenters. The Morgan fingerprint density at radius 1 is 1.21 bits per heavy atom. The van der Waals surface area contributed by atoms with Crippen LogP contribution in [0.25, 0.3) is 0 Å². The van der Waals surface area contributed by atoms with Crippen molar-refractivity contribution < 1.29 is 14.7 Å². The van der Waals surface area contributed by atoms with Crippen LogP contribution in [0, 0.1) is 5.92 Å². The summed E-state index contributed by atoms with van der Waals surface area (Å²) in [5.41, 5.74) is 0. The molecule has 5 nitrogen and oxygen atoms in total. The lowest BCUT2D eigenvalue weighted by Crippen LogP contribution is -2.51. The molecule has 2 unspecified atom stereocenters. The first kappa shape index (κ1) is 14.3. The average Bonchev–Trinajstić information content (AvgIpc) is 2.90. The number of carbonyl (C=O) groups excluding carboxylic acids is 1. The fourth-order valence-electron chi connectivity index (χ4n) is 3.12. The Morgan fingerprint density at radius 2 is 1.89 bits per heavy atom. The van der Waals surface area contributed by atoms with Gasteiger partial charge in [0.05, 0.1) is 12.0 Å². The number of piperidine rings is 1. The first-order chi connectivity index (χ1) is 9.08. The number of carboxylic acids is 1. The van der Waals surface area contributed by atoms with Crippen molar-refractivity contribution in [2.75, 3.05) is 13.1 Å². The zero-order valence-electron chi connectivity index (χ0n) is 11.6. The molecule has 2 aliphatic rings. The van der Waals surface area contributed by atoms with E-state index in [0.29, 0.717) is 12.6 Å². The van der Waals surface area contributed by atoms with Crippen molar-refractivity contribution in [2.45, 2.75) is 57.5 Å². The summed E-state index contributed by atoms with van der Waals surface area (Å²) in [6, 6.07) is 0.109. The van der Waals surface area contributed by atoms with E-state index in [2.05, 4.69) is 5.32 Å². The minimum Gasteiger partial charge on any atom is -0.481 e. The Kier molecular flexibility index (Phi) is 4.80. The van der Waals surface area contributed by atoms with E-state index in [1.54, 1.807) is 0 Å². The van der Waals surface area contributed by atoms with Crippen molar-refractivity contribution in [2.24, 2.45) is 5.92 Å². The van der Waals surface area contributed by atoms with Crippen LogP contribution in [0.3, 0.4) is 0 Å². The highest BCUT2D eigenvalue weighted by molar-refractivity contribution is 5.81. The third-order valence-electron chi connectivity index (χ3n) is 4.43. The second-order valence-corrected chi connectivity index (χ2v) is 5.84. The Morgan fingerprint density at radius 3 is 2.53 bits per heavy atom. The molecule has 0 aromatic carbocycles. The molecule has 0 bridgehead atoms. The van der Waals surface area contributed by atoms with E-state index in [-0.39, 0.29) is 17.9 Å². The van der Waals surface area contributed by atoms with Gasteiger partial charge in [-0.3, -0.25) is 14.5 Å². The molecule has 2 fully saturated rings. The minimum atomic E-state index is -0.742. The molecule has 1 aliphatic heterocycles. The molecular formula is C14H24N2O3. The van der Waals surface area contributed by atoms with Crippen LogP contribution in [-0.2, 0) is 9.59 Å². The van der Waals surface area contributed by atoms with Crippen LogP contribution >= 0.6 is 0 Å². The summed E-state index contributed by atoms with van der Waals surface area (Å²) in [6.45, 7) is 3.20. The highest BCUT2D eigenvalue weighted by Crippen LogP contribution is 2.20. The molecule has 2 rings (SSSR count). The molecule has 1 saturated carbocycles. The maximum absolute atomic E-state index is 12.2. The van der Waals surface area contributed by atoms with E-state index >= 15 is 0 Å². The monoisotopic (exact) mass is 268 g/mol. The number of likely N-dealkylation sites (tertiary alicyclic amines) is 1. The molecule has 0 aromatic rings. The Balaban J connectivity index is 1.85. The summed E-state index contributed by atoms with van der Waals surface area (Å²) in [7, 11) is 0. The van der Waals surface area contributed by atoms with Crippen LogP contribution in [0.15, 0.2) is 0 Å². The van der Waals surface area contributed by atoms with Crippen molar-refractivity contribution in [1.29, 1.82) is 0 Å². The highest BCUT2D eigenvalue weighted by atomic mass is 16.4. The summed E-state index contributed by atoms with van der Waals surface area (Å²) in [5.74, 6) is -1.01. The number of nitrogens with zero attached hydrogens (tertiary/aromatic N) is 1. The van der Waals surface area contributed by atoms with E-state index < -0.39 is 5.97 Å². The van der Waals surface area contributed by atoms with Crippen molar-refractivity contribution in [1.82, 2.24) is 10.2 Å². The Hall–Kier alpha value is -1.10. The third kappa shape index (κ3) is 3.69. The number of rotatable bonds is 4. The van der Waals surface area contributed by atoms with Crippen molar-refractivity contribution in [3.05, 3.63) is 0 Å². The highest BCUT2D eigenvalue weighted by Gasteiger charge is 2.31. The van der Waals surface area contributed by atoms with Gasteiger partial charge in [-0.25, -0.2) is 0 Å². The molecule has 0 radical (unpaired) electrons. The first-order valence-electron chi connectivity index (χ1n) is 7.35. The van der Waals surface area contributed by atoms with Crippen LogP contribution in [0.5, 0.6) is 0 Å². The van der Waals surface area contributed by atoms with Gasteiger partial charge in [0, 0.05) is 12.6 Å². The lowest BCUT2D eigenvalue weighted by atomic mass is 9.97. The van der Waals surface area contributed by atoms with Gasteiger partial charge in [-0.2, -0.15) is 0 Å². The zero-order valence-corrected chi connectivity index (χ0v) is 11.6. The van der Waals surface area contributed by atoms with Gasteiger partial charge in [-0.05, 0) is 39.2 Å². The van der Waals surface area contributed by atoms with Gasteiger partial charge in [-0.15, -0.1) is 0 Å². The second-order valence-electron chi connectivity index (χ2n) is 5.84. The number of aliphatic carboxylic acids is 1. The van der Waals surface area contributed by atoms with Crippen molar-refractivity contribution in [3.8, 4) is 0 Å². The third-order valence-corrected chi connectivity index (χ3v) is 4.43. The van der Waals surface area contributed by atoms with Crippen molar-refractivity contribution in [3.63, 3.8) is 0 Å². The SMILES string of the molecule is CC(C(=O)NC1CCCC1)N1CCCC(C(=O)O)C1. The van der Waals surface area contributed by atoms with Gasteiger partial charge >= 0.3 is 5.97 Å². The maximum Gasteiger partial charge on any atom is 0.307 e. The van der Waals surface area contributed by atoms with E-state index in [4.69, 9.17) is 5.11 Å². The van der Waals surface area contributed by atoms with Gasteiger partial charge in [0.2, 0.25) is 5.91 Å². The Bertz CT molecular complexity index is 340. The van der Waals surface area contributed by atoms with E-state index in [0.717, 1.165) is 32.2 Å². The lowest BCUT2D eigenvalue weighted by Gasteiger charge is -2.34. The van der Waals surface area contributed by atoms with E-state index in [1.165, 1.54) is 12.8 Å². The van der Waals surface area contributed by atoms with Gasteiger partial charge in [0.25, 0.3) is 0 Å². The predicted molar refractivity (Wildman–Crippen MR) is 71.8 cm³/mol. The summed E-state index contributed by atoms with van der Waals surface area (Å²) >= 11 is 0. The molecule has 2 N–H and O–H groups in total. The number of hydrogen-bond donors (Lipinski definition) is 2. The van der Waals surface area contributed by atoms with Crippen LogP contribution < -0.4 is 5.32 Å². The molecule has 0 spiro atoms. The lowest BCUT2D eigenvalue weighted by molar-refractivity contribution is -0.145. The minimum absolute atomic E-state index is 0.0536. The molecule has 1 aliphatic carbocycles. The number of hydrogen-bond acceptors (Lipinski definition) is 3. The van der Waals surface area contributed by atoms with Gasteiger partial charge in [0.1, 0.15) is 0 Å². The molecule has 19 heavy (non-hydrogen) atoms. The van der Waals surface area contributed by atoms with E-state index in [1.807, 2.05) is 11.8 Å². The molecule has 1 amide bonds. The Labute approximate surface area is 114 Å². The van der Waals surface area contributed by atoms with Crippen LogP contribution in [0.2, 0.25) is 0 Å². The maximum atomic E-state index is 12.2. The van der Waals surface area contributed by atoms with Crippen molar-refractivity contribution >= 4 is 11.9 Å². The molecule has 108 valence electrons. The smallest absolute Gasteiger partial charge is 0.307 e. The summed E-state index contributed by atoms with van der Waals surface area (Å²) in [6.07, 6.45) is 6.14. The summed E-state index contributed by atoms with van der Waals surface area (Å²) < 4.78 is 0. The number of carboxylic acid groups (broad SMARTS) is 1. The normalized spacial score (nSPS) is 27.1. The quantitative estimate of drug-likeness (QED) is 0.804. The second kappa shape index (κ2) is 6.37. The number of carbonyl (C=O) groups is 2. The van der Waals surface area contributed by atoms with Crippen LogP contribution in [0.4, 0.5) is 0 Å². The first-order valence-corrected chi connectivity index (χ1v) is 7.35. The molecule has 0 aromatic heterocycles. The topological polar surface area (TPSA) is 69.6 Å². The molecular weight excluding hydrogens is 244 g/mol. The largest absolute Gasteiger partial charge is 0.481 e. The summed E-state index contributed by atoms with van der Waals surface area (Å²) in [5, 5.41) is 12.2. The van der Waals surface area contributed by atoms with Crippen LogP contribution in [-0.4, -0.2) is 47.1 Å². The predicted octanol–water partition coefficient (Wildman–Crippen LogP) is 1.23. The molecule has 1 saturated heterocycles. The molecule has 1 heterocycles. The zero-order chi connectivity index (χ0) is 13.8. The fourth-order valence-corrected chi connectivity index (χ4v) is 3.12. The van der Waals surface area contributed by atoms with Gasteiger partial charge in [0.15, 0.2) is 0 Å². The van der Waals surface area contributed by atoms with Gasteiger partial charge in [-0.1, -0.05) is 12.8 Å². The van der Waals surface area contributed by atoms with E-state index in [9.17, 15) is 9.59 Å². The fraction of sp³-hybridized carbons (Fsp3) is 0.857. The molecule has 5 heteroatoms. The standard InChI is InChI=1S/C14H24N2O3/c1-10(13(17)15-12-6-2-3-7-12)16-8-4-5-11(9-16)14(18)19/h10-12H,2-9H2,1H3,(H,15,17)(H,18,19). The average molecular weight is 268 g/mol. The number of amides is 1. The number of nitrogens with one attached hydrogen (secondary N) is 1. The van der Waals surface area contributed by atoms with Crippen LogP contribution in [0.1, 0.15) is 45.4 Å².